The highest BCUT2D eigenvalue weighted by Crippen LogP contribution is 2.11. The lowest BCUT2D eigenvalue weighted by molar-refractivity contribution is -0.116. The van der Waals surface area contributed by atoms with Crippen LogP contribution in [-0.2, 0) is 17.8 Å². The first kappa shape index (κ1) is 23.9. The van der Waals surface area contributed by atoms with Crippen molar-refractivity contribution in [2.45, 2.75) is 32.7 Å². The van der Waals surface area contributed by atoms with Crippen LogP contribution in [-0.4, -0.2) is 25.5 Å². The van der Waals surface area contributed by atoms with E-state index in [-0.39, 0.29) is 35.7 Å². The minimum absolute atomic E-state index is 0. The molecule has 3 N–H and O–H groups in total. The molecule has 0 saturated carbocycles. The number of guanidine groups is 1. The molecule has 152 valence electrons. The number of hydrogen-bond acceptors (Lipinski definition) is 2. The summed E-state index contributed by atoms with van der Waals surface area (Å²) in [5, 5.41) is 9.36. The van der Waals surface area contributed by atoms with Gasteiger partial charge in [-0.15, -0.1) is 24.0 Å². The molecule has 28 heavy (non-hydrogen) atoms. The average molecular weight is 498 g/mol. The Balaban J connectivity index is 0.00000392. The fourth-order valence-corrected chi connectivity index (χ4v) is 2.63. The van der Waals surface area contributed by atoms with Crippen LogP contribution in [0.3, 0.4) is 0 Å². The van der Waals surface area contributed by atoms with Gasteiger partial charge in [0, 0.05) is 32.2 Å². The van der Waals surface area contributed by atoms with E-state index in [1.165, 1.54) is 12.1 Å². The topological polar surface area (TPSA) is 65.5 Å². The fourth-order valence-electron chi connectivity index (χ4n) is 2.63. The van der Waals surface area contributed by atoms with Crippen molar-refractivity contribution in [1.82, 2.24) is 10.6 Å². The summed E-state index contributed by atoms with van der Waals surface area (Å²) in [7, 11) is 1.71. The van der Waals surface area contributed by atoms with Gasteiger partial charge in [-0.25, -0.2) is 4.39 Å². The van der Waals surface area contributed by atoms with Gasteiger partial charge in [-0.3, -0.25) is 9.79 Å². The second-order valence-electron chi connectivity index (χ2n) is 6.23. The highest BCUT2D eigenvalue weighted by atomic mass is 127. The van der Waals surface area contributed by atoms with E-state index in [4.69, 9.17) is 0 Å². The van der Waals surface area contributed by atoms with Gasteiger partial charge in [-0.05, 0) is 48.2 Å². The van der Waals surface area contributed by atoms with Crippen molar-refractivity contribution in [3.8, 4) is 0 Å². The summed E-state index contributed by atoms with van der Waals surface area (Å²) >= 11 is 0. The van der Waals surface area contributed by atoms with E-state index in [1.807, 2.05) is 37.3 Å². The summed E-state index contributed by atoms with van der Waals surface area (Å²) in [5.74, 6) is 0.477. The van der Waals surface area contributed by atoms with Crippen molar-refractivity contribution in [3.63, 3.8) is 0 Å². The van der Waals surface area contributed by atoms with E-state index in [1.54, 1.807) is 13.1 Å². The highest BCUT2D eigenvalue weighted by molar-refractivity contribution is 14.0. The predicted molar refractivity (Wildman–Crippen MR) is 124 cm³/mol. The third-order valence-electron chi connectivity index (χ3n) is 3.97. The molecule has 0 heterocycles. The van der Waals surface area contributed by atoms with Crippen LogP contribution >= 0.6 is 24.0 Å². The summed E-state index contributed by atoms with van der Waals surface area (Å²) < 4.78 is 13.2. The standard InChI is InChI=1S/C21H27FN4O.HI/c1-3-6-20(27)26-19-10-5-8-17(14-19)15-25-21(23-2)24-12-11-16-7-4-9-18(22)13-16;/h4-5,7-10,13-14H,3,6,11-12,15H2,1-2H3,(H,26,27)(H2,23,24,25);1H. The van der Waals surface area contributed by atoms with Gasteiger partial charge in [0.1, 0.15) is 5.82 Å². The lowest BCUT2D eigenvalue weighted by atomic mass is 10.1. The van der Waals surface area contributed by atoms with Crippen LogP contribution in [0.4, 0.5) is 10.1 Å². The monoisotopic (exact) mass is 498 g/mol. The van der Waals surface area contributed by atoms with E-state index in [0.29, 0.717) is 31.9 Å². The lowest BCUT2D eigenvalue weighted by Gasteiger charge is -2.13. The van der Waals surface area contributed by atoms with Crippen LogP contribution in [0, 0.1) is 5.82 Å². The summed E-state index contributed by atoms with van der Waals surface area (Å²) in [4.78, 5) is 15.9. The summed E-state index contributed by atoms with van der Waals surface area (Å²) in [6, 6.07) is 14.3. The number of benzene rings is 2. The molecule has 0 bridgehead atoms. The van der Waals surface area contributed by atoms with Crippen LogP contribution in [0.2, 0.25) is 0 Å². The number of rotatable bonds is 8. The van der Waals surface area contributed by atoms with E-state index in [0.717, 1.165) is 23.2 Å². The minimum Gasteiger partial charge on any atom is -0.356 e. The molecule has 7 heteroatoms. The summed E-state index contributed by atoms with van der Waals surface area (Å²) in [6.45, 7) is 3.21. The molecule has 0 saturated heterocycles. The molecule has 0 spiro atoms. The summed E-state index contributed by atoms with van der Waals surface area (Å²) in [5.41, 5.74) is 2.77. The maximum atomic E-state index is 13.2. The molecule has 0 aliphatic heterocycles. The Morgan fingerprint density at radius 1 is 1.07 bits per heavy atom. The number of halogens is 2. The molecular formula is C21H28FIN4O. The van der Waals surface area contributed by atoms with Crippen molar-refractivity contribution >= 4 is 41.5 Å². The Morgan fingerprint density at radius 3 is 2.54 bits per heavy atom. The molecule has 0 aliphatic rings. The predicted octanol–water partition coefficient (Wildman–Crippen LogP) is 4.09. The SMILES string of the molecule is CCCC(=O)Nc1cccc(CNC(=NC)NCCc2cccc(F)c2)c1.I. The Bertz CT molecular complexity index is 783. The molecule has 0 fully saturated rings. The molecule has 0 aliphatic carbocycles. The van der Waals surface area contributed by atoms with E-state index in [9.17, 15) is 9.18 Å². The molecule has 2 aromatic rings. The third kappa shape index (κ3) is 8.69. The zero-order chi connectivity index (χ0) is 19.5. The fraction of sp³-hybridized carbons (Fsp3) is 0.333. The number of carbonyl (C=O) groups is 1. The minimum atomic E-state index is -0.221. The van der Waals surface area contributed by atoms with Gasteiger partial charge in [-0.1, -0.05) is 31.2 Å². The van der Waals surface area contributed by atoms with E-state index >= 15 is 0 Å². The number of nitrogens with zero attached hydrogens (tertiary/aromatic N) is 1. The quantitative estimate of drug-likeness (QED) is 0.292. The largest absolute Gasteiger partial charge is 0.356 e. The van der Waals surface area contributed by atoms with Crippen molar-refractivity contribution < 1.29 is 9.18 Å². The molecule has 0 radical (unpaired) electrons. The third-order valence-corrected chi connectivity index (χ3v) is 3.97. The second kappa shape index (κ2) is 13.1. The summed E-state index contributed by atoms with van der Waals surface area (Å²) in [6.07, 6.45) is 2.05. The number of anilines is 1. The van der Waals surface area contributed by atoms with Gasteiger partial charge in [-0.2, -0.15) is 0 Å². The highest BCUT2D eigenvalue weighted by Gasteiger charge is 2.03. The Labute approximate surface area is 183 Å². The number of amides is 1. The maximum Gasteiger partial charge on any atom is 0.224 e. The van der Waals surface area contributed by atoms with Crippen LogP contribution in [0.25, 0.3) is 0 Å². The van der Waals surface area contributed by atoms with Gasteiger partial charge in [0.15, 0.2) is 5.96 Å². The molecule has 0 aromatic heterocycles. The van der Waals surface area contributed by atoms with Crippen LogP contribution in [0.15, 0.2) is 53.5 Å². The second-order valence-corrected chi connectivity index (χ2v) is 6.23. The number of nitrogens with one attached hydrogen (secondary N) is 3. The van der Waals surface area contributed by atoms with Crippen molar-refractivity contribution in [3.05, 3.63) is 65.5 Å². The van der Waals surface area contributed by atoms with E-state index in [2.05, 4.69) is 20.9 Å². The number of aliphatic imine (C=N–C) groups is 1. The smallest absolute Gasteiger partial charge is 0.224 e. The molecule has 0 unspecified atom stereocenters. The number of carbonyl (C=O) groups excluding carboxylic acids is 1. The van der Waals surface area contributed by atoms with E-state index < -0.39 is 0 Å². The van der Waals surface area contributed by atoms with Gasteiger partial charge in [0.05, 0.1) is 0 Å². The van der Waals surface area contributed by atoms with Gasteiger partial charge >= 0.3 is 0 Å². The van der Waals surface area contributed by atoms with Gasteiger partial charge in [0.2, 0.25) is 5.91 Å². The first-order valence-corrected chi connectivity index (χ1v) is 9.18. The van der Waals surface area contributed by atoms with Crippen LogP contribution < -0.4 is 16.0 Å². The van der Waals surface area contributed by atoms with Crippen molar-refractivity contribution in [1.29, 1.82) is 0 Å². The zero-order valence-corrected chi connectivity index (χ0v) is 18.6. The Kier molecular flexibility index (Phi) is 11.2. The zero-order valence-electron chi connectivity index (χ0n) is 16.3. The van der Waals surface area contributed by atoms with Crippen LogP contribution in [0.5, 0.6) is 0 Å². The van der Waals surface area contributed by atoms with Crippen molar-refractivity contribution in [2.75, 3.05) is 18.9 Å². The maximum absolute atomic E-state index is 13.2. The molecule has 2 rings (SSSR count). The van der Waals surface area contributed by atoms with Crippen molar-refractivity contribution in [2.24, 2.45) is 4.99 Å². The molecule has 0 atom stereocenters. The Morgan fingerprint density at radius 2 is 1.82 bits per heavy atom. The molecule has 5 nitrogen and oxygen atoms in total. The first-order valence-electron chi connectivity index (χ1n) is 9.18. The normalized spacial score (nSPS) is 10.8. The molecule has 1 amide bonds. The van der Waals surface area contributed by atoms with Gasteiger partial charge < -0.3 is 16.0 Å². The van der Waals surface area contributed by atoms with Gasteiger partial charge in [0.25, 0.3) is 0 Å². The Hall–Kier alpha value is -2.16. The molecule has 2 aromatic carbocycles. The van der Waals surface area contributed by atoms with Crippen LogP contribution in [0.1, 0.15) is 30.9 Å². The first-order chi connectivity index (χ1) is 13.1. The number of hydrogen-bond donors (Lipinski definition) is 3. The average Bonchev–Trinajstić information content (AvgIpc) is 2.65. The lowest BCUT2D eigenvalue weighted by Crippen LogP contribution is -2.37. The molecular weight excluding hydrogens is 470 g/mol.